The standard InChI is InChI=1S/C13H12Cl2N4O2/c1-7-5-11(21-2)18-12(16-7)19-13(20)17-8-3-4-9(14)10(15)6-8/h3-6H,1-2H3,(H2,16,17,18,19,20). The Morgan fingerprint density at radius 3 is 2.57 bits per heavy atom. The van der Waals surface area contributed by atoms with Crippen molar-refractivity contribution in [2.24, 2.45) is 0 Å². The summed E-state index contributed by atoms with van der Waals surface area (Å²) in [5.41, 5.74) is 1.17. The number of benzene rings is 1. The summed E-state index contributed by atoms with van der Waals surface area (Å²) in [6, 6.07) is 5.92. The zero-order valence-electron chi connectivity index (χ0n) is 11.3. The Bertz CT molecular complexity index is 679. The van der Waals surface area contributed by atoms with Gasteiger partial charge in [0, 0.05) is 17.4 Å². The van der Waals surface area contributed by atoms with Gasteiger partial charge in [-0.05, 0) is 25.1 Å². The third-order valence-corrected chi connectivity index (χ3v) is 3.18. The fraction of sp³-hybridized carbons (Fsp3) is 0.154. The largest absolute Gasteiger partial charge is 0.481 e. The van der Waals surface area contributed by atoms with Crippen molar-refractivity contribution in [1.82, 2.24) is 9.97 Å². The third kappa shape index (κ3) is 4.21. The molecule has 0 saturated carbocycles. The van der Waals surface area contributed by atoms with Gasteiger partial charge in [0.25, 0.3) is 0 Å². The Balaban J connectivity index is 2.07. The molecule has 8 heteroatoms. The molecule has 2 rings (SSSR count). The van der Waals surface area contributed by atoms with E-state index in [1.807, 2.05) is 0 Å². The summed E-state index contributed by atoms with van der Waals surface area (Å²) in [6.07, 6.45) is 0. The molecule has 0 spiro atoms. The maximum Gasteiger partial charge on any atom is 0.326 e. The molecule has 0 unspecified atom stereocenters. The van der Waals surface area contributed by atoms with Gasteiger partial charge in [-0.25, -0.2) is 9.78 Å². The summed E-state index contributed by atoms with van der Waals surface area (Å²) in [4.78, 5) is 20.0. The van der Waals surface area contributed by atoms with Crippen LogP contribution in [0.2, 0.25) is 10.0 Å². The molecule has 1 aromatic heterocycles. The molecule has 2 aromatic rings. The highest BCUT2D eigenvalue weighted by atomic mass is 35.5. The summed E-state index contributed by atoms with van der Waals surface area (Å²) in [7, 11) is 1.49. The average molecular weight is 327 g/mol. The number of nitrogens with zero attached hydrogens (tertiary/aromatic N) is 2. The van der Waals surface area contributed by atoms with Crippen LogP contribution in [0.3, 0.4) is 0 Å². The number of rotatable bonds is 3. The molecule has 2 amide bonds. The Morgan fingerprint density at radius 2 is 1.90 bits per heavy atom. The van der Waals surface area contributed by atoms with Crippen LogP contribution in [0.5, 0.6) is 5.88 Å². The van der Waals surface area contributed by atoms with E-state index in [4.69, 9.17) is 27.9 Å². The second kappa shape index (κ2) is 6.60. The van der Waals surface area contributed by atoms with Gasteiger partial charge in [0.15, 0.2) is 0 Å². The van der Waals surface area contributed by atoms with Crippen LogP contribution in [-0.4, -0.2) is 23.1 Å². The normalized spacial score (nSPS) is 10.1. The molecule has 0 radical (unpaired) electrons. The molecular weight excluding hydrogens is 315 g/mol. The van der Waals surface area contributed by atoms with Crippen LogP contribution < -0.4 is 15.4 Å². The van der Waals surface area contributed by atoms with Gasteiger partial charge in [0.05, 0.1) is 17.2 Å². The maximum absolute atomic E-state index is 11.9. The number of aryl methyl sites for hydroxylation is 1. The summed E-state index contributed by atoms with van der Waals surface area (Å²) >= 11 is 11.7. The van der Waals surface area contributed by atoms with Gasteiger partial charge in [-0.15, -0.1) is 0 Å². The zero-order valence-corrected chi connectivity index (χ0v) is 12.8. The van der Waals surface area contributed by atoms with E-state index in [1.165, 1.54) is 7.11 Å². The number of amides is 2. The molecule has 0 fully saturated rings. The number of carbonyl (C=O) groups excluding carboxylic acids is 1. The molecule has 0 saturated heterocycles. The van der Waals surface area contributed by atoms with Crippen LogP contribution in [0, 0.1) is 6.92 Å². The monoisotopic (exact) mass is 326 g/mol. The SMILES string of the molecule is COc1cc(C)nc(NC(=O)Nc2ccc(Cl)c(Cl)c2)n1. The number of carbonyl (C=O) groups is 1. The average Bonchev–Trinajstić information content (AvgIpc) is 2.42. The van der Waals surface area contributed by atoms with Gasteiger partial charge in [-0.3, -0.25) is 5.32 Å². The molecule has 2 N–H and O–H groups in total. The first kappa shape index (κ1) is 15.3. The minimum Gasteiger partial charge on any atom is -0.481 e. The fourth-order valence-corrected chi connectivity index (χ4v) is 1.84. The molecule has 6 nitrogen and oxygen atoms in total. The Hall–Kier alpha value is -2.05. The molecule has 21 heavy (non-hydrogen) atoms. The number of nitrogens with one attached hydrogen (secondary N) is 2. The second-order valence-corrected chi connectivity index (χ2v) is 4.90. The van der Waals surface area contributed by atoms with Gasteiger partial charge in [0.2, 0.25) is 11.8 Å². The summed E-state index contributed by atoms with van der Waals surface area (Å²) in [5.74, 6) is 0.511. The van der Waals surface area contributed by atoms with E-state index >= 15 is 0 Å². The lowest BCUT2D eigenvalue weighted by molar-refractivity contribution is 0.262. The molecule has 0 atom stereocenters. The Labute approximate surface area is 131 Å². The molecule has 110 valence electrons. The molecule has 0 aliphatic rings. The number of halogens is 2. The molecule has 0 aliphatic heterocycles. The minimum atomic E-state index is -0.499. The van der Waals surface area contributed by atoms with Gasteiger partial charge < -0.3 is 10.1 Å². The molecule has 0 bridgehead atoms. The first-order valence-electron chi connectivity index (χ1n) is 5.90. The van der Waals surface area contributed by atoms with Gasteiger partial charge in [0.1, 0.15) is 0 Å². The number of methoxy groups -OCH3 is 1. The Morgan fingerprint density at radius 1 is 1.14 bits per heavy atom. The highest BCUT2D eigenvalue weighted by Gasteiger charge is 2.08. The summed E-state index contributed by atoms with van der Waals surface area (Å²) < 4.78 is 5.01. The predicted molar refractivity (Wildman–Crippen MR) is 82.4 cm³/mol. The van der Waals surface area contributed by atoms with Crippen molar-refractivity contribution < 1.29 is 9.53 Å². The quantitative estimate of drug-likeness (QED) is 0.900. The van der Waals surface area contributed by atoms with Crippen LogP contribution in [0.1, 0.15) is 5.69 Å². The van der Waals surface area contributed by atoms with Crippen molar-refractivity contribution in [3.63, 3.8) is 0 Å². The van der Waals surface area contributed by atoms with Gasteiger partial charge >= 0.3 is 6.03 Å². The second-order valence-electron chi connectivity index (χ2n) is 4.08. The topological polar surface area (TPSA) is 76.1 Å². The highest BCUT2D eigenvalue weighted by Crippen LogP contribution is 2.25. The molecule has 1 heterocycles. The maximum atomic E-state index is 11.9. The van der Waals surface area contributed by atoms with Crippen LogP contribution in [0.4, 0.5) is 16.4 Å². The molecule has 1 aromatic carbocycles. The van der Waals surface area contributed by atoms with E-state index in [0.29, 0.717) is 27.3 Å². The molecular formula is C13H12Cl2N4O2. The fourth-order valence-electron chi connectivity index (χ4n) is 1.54. The van der Waals surface area contributed by atoms with Crippen LogP contribution >= 0.6 is 23.2 Å². The van der Waals surface area contributed by atoms with Gasteiger partial charge in [-0.2, -0.15) is 4.98 Å². The number of hydrogen-bond donors (Lipinski definition) is 2. The number of hydrogen-bond acceptors (Lipinski definition) is 4. The lowest BCUT2D eigenvalue weighted by Crippen LogP contribution is -2.21. The van der Waals surface area contributed by atoms with Crippen LogP contribution in [-0.2, 0) is 0 Å². The lowest BCUT2D eigenvalue weighted by atomic mass is 10.3. The first-order valence-corrected chi connectivity index (χ1v) is 6.66. The predicted octanol–water partition coefficient (Wildman–Crippen LogP) is 3.74. The first-order chi connectivity index (χ1) is 9.97. The molecule has 0 aliphatic carbocycles. The summed E-state index contributed by atoms with van der Waals surface area (Å²) in [6.45, 7) is 1.77. The van der Waals surface area contributed by atoms with Crippen molar-refractivity contribution in [1.29, 1.82) is 0 Å². The van der Waals surface area contributed by atoms with E-state index < -0.39 is 6.03 Å². The van der Waals surface area contributed by atoms with Crippen molar-refractivity contribution >= 4 is 40.9 Å². The van der Waals surface area contributed by atoms with E-state index in [1.54, 1.807) is 31.2 Å². The van der Waals surface area contributed by atoms with E-state index in [2.05, 4.69) is 20.6 Å². The van der Waals surface area contributed by atoms with Crippen molar-refractivity contribution in [3.05, 3.63) is 40.0 Å². The third-order valence-electron chi connectivity index (χ3n) is 2.44. The van der Waals surface area contributed by atoms with Gasteiger partial charge in [-0.1, -0.05) is 23.2 Å². The minimum absolute atomic E-state index is 0.143. The number of anilines is 2. The van der Waals surface area contributed by atoms with Crippen molar-refractivity contribution in [2.75, 3.05) is 17.7 Å². The van der Waals surface area contributed by atoms with E-state index in [9.17, 15) is 4.79 Å². The van der Waals surface area contributed by atoms with Crippen LogP contribution in [0.25, 0.3) is 0 Å². The van der Waals surface area contributed by atoms with E-state index in [-0.39, 0.29) is 5.95 Å². The van der Waals surface area contributed by atoms with Crippen molar-refractivity contribution in [3.8, 4) is 5.88 Å². The van der Waals surface area contributed by atoms with E-state index in [0.717, 1.165) is 0 Å². The summed E-state index contributed by atoms with van der Waals surface area (Å²) in [5, 5.41) is 5.87. The number of urea groups is 1. The van der Waals surface area contributed by atoms with Crippen LogP contribution in [0.15, 0.2) is 24.3 Å². The number of ether oxygens (including phenoxy) is 1. The zero-order chi connectivity index (χ0) is 15.4. The smallest absolute Gasteiger partial charge is 0.326 e. The highest BCUT2D eigenvalue weighted by molar-refractivity contribution is 6.42. The van der Waals surface area contributed by atoms with Crippen molar-refractivity contribution in [2.45, 2.75) is 6.92 Å². The lowest BCUT2D eigenvalue weighted by Gasteiger charge is -2.08. The number of aromatic nitrogens is 2. The Kier molecular flexibility index (Phi) is 4.82.